The van der Waals surface area contributed by atoms with Crippen LogP contribution in [0.2, 0.25) is 0 Å². The Morgan fingerprint density at radius 2 is 1.77 bits per heavy atom. The average molecular weight is 354 g/mol. The second-order valence-electron chi connectivity index (χ2n) is 8.03. The van der Waals surface area contributed by atoms with E-state index in [1.165, 1.54) is 0 Å². The fourth-order valence-electron chi connectivity index (χ4n) is 4.74. The van der Waals surface area contributed by atoms with Crippen molar-refractivity contribution in [2.45, 2.75) is 51.4 Å². The van der Waals surface area contributed by atoms with Crippen molar-refractivity contribution in [1.82, 2.24) is 10.2 Å². The molecule has 3 aliphatic rings. The molecule has 26 heavy (non-hydrogen) atoms. The van der Waals surface area contributed by atoms with Crippen molar-refractivity contribution in [3.63, 3.8) is 0 Å². The van der Waals surface area contributed by atoms with Crippen molar-refractivity contribution in [2.24, 2.45) is 10.8 Å². The lowest BCUT2D eigenvalue weighted by atomic mass is 9.52. The highest BCUT2D eigenvalue weighted by Gasteiger charge is 2.52. The van der Waals surface area contributed by atoms with Gasteiger partial charge in [0.1, 0.15) is 5.75 Å². The van der Waals surface area contributed by atoms with Crippen molar-refractivity contribution < 1.29 is 14.6 Å². The smallest absolute Gasteiger partial charge is 0.309 e. The lowest BCUT2D eigenvalue weighted by molar-refractivity contribution is -0.159. The lowest BCUT2D eigenvalue weighted by Gasteiger charge is -2.51. The Labute approximate surface area is 153 Å². The number of aliphatic carboxylic acids is 1. The first-order valence-corrected chi connectivity index (χ1v) is 9.57. The number of aromatic amines is 1. The van der Waals surface area contributed by atoms with E-state index in [1.807, 2.05) is 30.3 Å². The summed E-state index contributed by atoms with van der Waals surface area (Å²) >= 11 is 0. The molecule has 0 unspecified atom stereocenters. The Morgan fingerprint density at radius 3 is 2.35 bits per heavy atom. The summed E-state index contributed by atoms with van der Waals surface area (Å²) in [5, 5.41) is 16.4. The Hall–Kier alpha value is -2.30. The van der Waals surface area contributed by atoms with Crippen LogP contribution in [0.4, 0.5) is 0 Å². The molecule has 3 saturated carbocycles. The second kappa shape index (κ2) is 6.78. The number of hydrogen-bond acceptors (Lipinski definition) is 3. The monoisotopic (exact) mass is 354 g/mol. The van der Waals surface area contributed by atoms with Gasteiger partial charge in [0.2, 0.25) is 0 Å². The third kappa shape index (κ3) is 3.22. The molecule has 0 aliphatic heterocycles. The molecule has 3 fully saturated rings. The molecule has 5 heteroatoms. The van der Waals surface area contributed by atoms with E-state index in [0.717, 1.165) is 75.0 Å². The number of aromatic nitrogens is 2. The Balaban J connectivity index is 1.24. The number of nitrogens with zero attached hydrogens (tertiary/aromatic N) is 1. The number of nitrogens with one attached hydrogen (secondary N) is 1. The minimum Gasteiger partial charge on any atom is -0.494 e. The predicted octanol–water partition coefficient (Wildman–Crippen LogP) is 4.66. The van der Waals surface area contributed by atoms with E-state index in [1.54, 1.807) is 6.20 Å². The largest absolute Gasteiger partial charge is 0.494 e. The molecular formula is C21H26N2O3. The molecule has 0 radical (unpaired) electrons. The number of carboxylic acids is 1. The first kappa shape index (κ1) is 17.1. The Morgan fingerprint density at radius 1 is 1.08 bits per heavy atom. The van der Waals surface area contributed by atoms with Gasteiger partial charge in [0, 0.05) is 6.20 Å². The number of carbonyl (C=O) groups is 1. The van der Waals surface area contributed by atoms with Gasteiger partial charge in [-0.15, -0.1) is 0 Å². The number of rotatable bonds is 7. The van der Waals surface area contributed by atoms with Gasteiger partial charge < -0.3 is 9.84 Å². The first-order valence-electron chi connectivity index (χ1n) is 9.57. The molecule has 3 aliphatic carbocycles. The predicted molar refractivity (Wildman–Crippen MR) is 99.0 cm³/mol. The molecule has 0 atom stereocenters. The molecule has 2 aromatic rings. The third-order valence-corrected chi connectivity index (χ3v) is 6.64. The van der Waals surface area contributed by atoms with Crippen LogP contribution in [0.1, 0.15) is 51.4 Å². The summed E-state index contributed by atoms with van der Waals surface area (Å²) in [6.07, 6.45) is 9.71. The van der Waals surface area contributed by atoms with Gasteiger partial charge in [-0.1, -0.05) is 0 Å². The standard InChI is InChI=1S/C21H26N2O3/c24-19(25)21-11-8-20(9-12-21,10-13-21)7-1-15-26-17-4-2-16(3-5-17)18-6-14-22-23-18/h2-6,14H,1,7-13,15H2,(H,22,23)(H,24,25). The van der Waals surface area contributed by atoms with Crippen LogP contribution >= 0.6 is 0 Å². The summed E-state index contributed by atoms with van der Waals surface area (Å²) in [4.78, 5) is 11.5. The van der Waals surface area contributed by atoms with Crippen LogP contribution in [0.3, 0.4) is 0 Å². The van der Waals surface area contributed by atoms with Crippen LogP contribution < -0.4 is 4.74 Å². The van der Waals surface area contributed by atoms with Crippen molar-refractivity contribution in [3.8, 4) is 17.0 Å². The third-order valence-electron chi connectivity index (χ3n) is 6.64. The van der Waals surface area contributed by atoms with E-state index >= 15 is 0 Å². The molecule has 5 rings (SSSR count). The van der Waals surface area contributed by atoms with E-state index in [2.05, 4.69) is 10.2 Å². The second-order valence-corrected chi connectivity index (χ2v) is 8.03. The maximum Gasteiger partial charge on any atom is 0.309 e. The van der Waals surface area contributed by atoms with Gasteiger partial charge >= 0.3 is 5.97 Å². The molecule has 0 spiro atoms. The molecule has 2 N–H and O–H groups in total. The van der Waals surface area contributed by atoms with Gasteiger partial charge in [-0.05, 0) is 92.7 Å². The zero-order valence-corrected chi connectivity index (χ0v) is 15.0. The molecule has 2 bridgehead atoms. The summed E-state index contributed by atoms with van der Waals surface area (Å²) in [5.41, 5.74) is 2.06. The van der Waals surface area contributed by atoms with Crippen LogP contribution in [0.25, 0.3) is 11.3 Å². The Kier molecular flexibility index (Phi) is 4.47. The molecule has 0 saturated heterocycles. The zero-order valence-electron chi connectivity index (χ0n) is 15.0. The number of hydrogen-bond donors (Lipinski definition) is 2. The van der Waals surface area contributed by atoms with Crippen LogP contribution in [0.5, 0.6) is 5.75 Å². The highest BCUT2D eigenvalue weighted by Crippen LogP contribution is 2.58. The minimum atomic E-state index is -0.576. The van der Waals surface area contributed by atoms with Crippen molar-refractivity contribution in [3.05, 3.63) is 36.5 Å². The van der Waals surface area contributed by atoms with Crippen LogP contribution in [0.15, 0.2) is 36.5 Å². The first-order chi connectivity index (χ1) is 12.6. The fraction of sp³-hybridized carbons (Fsp3) is 0.524. The average Bonchev–Trinajstić information content (AvgIpc) is 3.22. The van der Waals surface area contributed by atoms with Gasteiger partial charge in [-0.25, -0.2) is 0 Å². The summed E-state index contributed by atoms with van der Waals surface area (Å²) < 4.78 is 5.91. The Bertz CT molecular complexity index is 728. The molecular weight excluding hydrogens is 328 g/mol. The van der Waals surface area contributed by atoms with Crippen molar-refractivity contribution in [1.29, 1.82) is 0 Å². The molecule has 1 heterocycles. The van der Waals surface area contributed by atoms with Crippen LogP contribution in [0, 0.1) is 10.8 Å². The quantitative estimate of drug-likeness (QED) is 0.709. The van der Waals surface area contributed by atoms with Gasteiger partial charge in [0.15, 0.2) is 0 Å². The highest BCUT2D eigenvalue weighted by molar-refractivity contribution is 5.75. The maximum absolute atomic E-state index is 11.5. The number of ether oxygens (including phenoxy) is 1. The van der Waals surface area contributed by atoms with Gasteiger partial charge in [0.05, 0.1) is 17.7 Å². The van der Waals surface area contributed by atoms with E-state index in [9.17, 15) is 9.90 Å². The van der Waals surface area contributed by atoms with E-state index in [0.29, 0.717) is 5.41 Å². The number of benzene rings is 1. The summed E-state index contributed by atoms with van der Waals surface area (Å²) in [5.74, 6) is 0.315. The lowest BCUT2D eigenvalue weighted by Crippen LogP contribution is -2.45. The molecule has 138 valence electrons. The summed E-state index contributed by atoms with van der Waals surface area (Å²) in [7, 11) is 0. The zero-order chi connectivity index (χ0) is 18.0. The number of carboxylic acid groups (broad SMARTS) is 1. The number of H-pyrrole nitrogens is 1. The minimum absolute atomic E-state index is 0.366. The molecule has 0 amide bonds. The van der Waals surface area contributed by atoms with Gasteiger partial charge in [-0.3, -0.25) is 9.89 Å². The molecule has 1 aromatic carbocycles. The van der Waals surface area contributed by atoms with E-state index < -0.39 is 11.4 Å². The number of fused-ring (bicyclic) bond motifs is 3. The summed E-state index contributed by atoms with van der Waals surface area (Å²) in [6.45, 7) is 0.717. The topological polar surface area (TPSA) is 75.2 Å². The molecule has 5 nitrogen and oxygen atoms in total. The SMILES string of the molecule is O=C(O)C12CCC(CCCOc3ccc(-c4ccn[nH]4)cc3)(CC1)CC2. The van der Waals surface area contributed by atoms with Crippen molar-refractivity contribution >= 4 is 5.97 Å². The maximum atomic E-state index is 11.5. The van der Waals surface area contributed by atoms with Crippen LogP contribution in [-0.2, 0) is 4.79 Å². The van der Waals surface area contributed by atoms with Crippen LogP contribution in [-0.4, -0.2) is 27.9 Å². The highest BCUT2D eigenvalue weighted by atomic mass is 16.5. The summed E-state index contributed by atoms with van der Waals surface area (Å²) in [6, 6.07) is 10.0. The van der Waals surface area contributed by atoms with Crippen molar-refractivity contribution in [2.75, 3.05) is 6.61 Å². The van der Waals surface area contributed by atoms with E-state index in [4.69, 9.17) is 4.74 Å². The normalized spacial score (nSPS) is 27.4. The van der Waals surface area contributed by atoms with E-state index in [-0.39, 0.29) is 0 Å². The van der Waals surface area contributed by atoms with Gasteiger partial charge in [-0.2, -0.15) is 5.10 Å². The fourth-order valence-corrected chi connectivity index (χ4v) is 4.74. The molecule has 1 aromatic heterocycles. The van der Waals surface area contributed by atoms with Gasteiger partial charge in [0.25, 0.3) is 0 Å².